The normalized spacial score (nSPS) is 10.9. The average molecular weight is 335 g/mol. The lowest BCUT2D eigenvalue weighted by atomic mass is 9.93. The van der Waals surface area contributed by atoms with E-state index in [0.717, 1.165) is 23.0 Å². The molecule has 0 radical (unpaired) electrons. The second kappa shape index (κ2) is 6.55. The summed E-state index contributed by atoms with van der Waals surface area (Å²) in [6.45, 7) is 8.13. The van der Waals surface area contributed by atoms with Crippen molar-refractivity contribution in [2.75, 3.05) is 6.61 Å². The molecule has 1 aromatic carbocycles. The molecule has 3 rings (SSSR count). The van der Waals surface area contributed by atoms with E-state index in [1.807, 2.05) is 38.1 Å². The molecule has 4 nitrogen and oxygen atoms in total. The number of carbonyl (C=O) groups is 2. The van der Waals surface area contributed by atoms with E-state index < -0.39 is 5.97 Å². The fourth-order valence-corrected chi connectivity index (χ4v) is 3.26. The molecule has 0 spiro atoms. The van der Waals surface area contributed by atoms with E-state index in [2.05, 4.69) is 13.0 Å². The summed E-state index contributed by atoms with van der Waals surface area (Å²) in [7, 11) is 0. The first-order chi connectivity index (χ1) is 12.0. The highest BCUT2D eigenvalue weighted by Crippen LogP contribution is 2.36. The van der Waals surface area contributed by atoms with Crippen molar-refractivity contribution in [3.05, 3.63) is 64.5 Å². The van der Waals surface area contributed by atoms with Gasteiger partial charge in [0.1, 0.15) is 0 Å². The monoisotopic (exact) mass is 335 g/mol. The lowest BCUT2D eigenvalue weighted by Gasteiger charge is -2.12. The Hall–Kier alpha value is -2.88. The second-order valence-corrected chi connectivity index (χ2v) is 6.18. The summed E-state index contributed by atoms with van der Waals surface area (Å²) in [5.41, 5.74) is 6.42. The van der Waals surface area contributed by atoms with Gasteiger partial charge in [0.25, 0.3) is 0 Å². The average Bonchev–Trinajstić information content (AvgIpc) is 2.92. The van der Waals surface area contributed by atoms with Crippen molar-refractivity contribution >= 4 is 17.8 Å². The van der Waals surface area contributed by atoms with Crippen molar-refractivity contribution < 1.29 is 14.3 Å². The Kier molecular flexibility index (Phi) is 4.45. The van der Waals surface area contributed by atoms with Crippen molar-refractivity contribution in [3.8, 4) is 11.1 Å². The second-order valence-electron chi connectivity index (χ2n) is 6.18. The third-order valence-corrected chi connectivity index (χ3v) is 4.58. The molecule has 0 bridgehead atoms. The molecule has 128 valence electrons. The maximum Gasteiger partial charge on any atom is 0.340 e. The molecule has 2 aromatic heterocycles. The molecule has 0 N–H and O–H groups in total. The van der Waals surface area contributed by atoms with Gasteiger partial charge in [0.2, 0.25) is 0 Å². The highest BCUT2D eigenvalue weighted by molar-refractivity contribution is 6.09. The minimum atomic E-state index is -0.410. The smallest absolute Gasteiger partial charge is 0.340 e. The zero-order valence-electron chi connectivity index (χ0n) is 14.9. The van der Waals surface area contributed by atoms with E-state index in [1.165, 1.54) is 5.56 Å². The Bertz CT molecular complexity index is 982. The number of rotatable bonds is 4. The number of esters is 1. The summed E-state index contributed by atoms with van der Waals surface area (Å²) in [6, 6.07) is 9.64. The Labute approximate surface area is 147 Å². The van der Waals surface area contributed by atoms with Crippen LogP contribution in [-0.4, -0.2) is 23.3 Å². The molecule has 0 aliphatic carbocycles. The van der Waals surface area contributed by atoms with E-state index in [-0.39, 0.29) is 6.61 Å². The molecule has 0 saturated carbocycles. The molecule has 0 atom stereocenters. The number of nitrogens with zero attached hydrogens (tertiary/aromatic N) is 1. The molecule has 0 fully saturated rings. The first-order valence-electron chi connectivity index (χ1n) is 8.33. The van der Waals surface area contributed by atoms with E-state index in [0.29, 0.717) is 22.3 Å². The molecule has 0 saturated heterocycles. The molecule has 4 heteroatoms. The number of pyridine rings is 1. The van der Waals surface area contributed by atoms with Crippen molar-refractivity contribution in [2.24, 2.45) is 0 Å². The van der Waals surface area contributed by atoms with Crippen LogP contribution in [-0.2, 0) is 4.74 Å². The number of hydrogen-bond donors (Lipinski definition) is 0. The Morgan fingerprint density at radius 2 is 1.84 bits per heavy atom. The SMILES string of the molecule is CCOC(=O)c1c(-c2cc(C)c(C)cc2C)c(C=O)n2ccccc12. The van der Waals surface area contributed by atoms with Crippen molar-refractivity contribution in [1.29, 1.82) is 0 Å². The van der Waals surface area contributed by atoms with E-state index in [1.54, 1.807) is 17.5 Å². The zero-order chi connectivity index (χ0) is 18.1. The fraction of sp³-hybridized carbons (Fsp3) is 0.238. The number of aromatic nitrogens is 1. The lowest BCUT2D eigenvalue weighted by Crippen LogP contribution is -2.06. The van der Waals surface area contributed by atoms with Crippen molar-refractivity contribution in [2.45, 2.75) is 27.7 Å². The van der Waals surface area contributed by atoms with E-state index in [4.69, 9.17) is 4.74 Å². The van der Waals surface area contributed by atoms with Gasteiger partial charge >= 0.3 is 5.97 Å². The van der Waals surface area contributed by atoms with Crippen LogP contribution in [0.3, 0.4) is 0 Å². The van der Waals surface area contributed by atoms with Gasteiger partial charge in [-0.05, 0) is 62.1 Å². The van der Waals surface area contributed by atoms with Crippen LogP contribution in [0.5, 0.6) is 0 Å². The summed E-state index contributed by atoms with van der Waals surface area (Å²) >= 11 is 0. The molecule has 0 aliphatic rings. The molecule has 2 heterocycles. The zero-order valence-corrected chi connectivity index (χ0v) is 14.9. The van der Waals surface area contributed by atoms with Gasteiger partial charge in [0.15, 0.2) is 6.29 Å². The molecule has 0 unspecified atom stereocenters. The van der Waals surface area contributed by atoms with Gasteiger partial charge in [-0.2, -0.15) is 0 Å². The van der Waals surface area contributed by atoms with Gasteiger partial charge in [-0.15, -0.1) is 0 Å². The summed E-state index contributed by atoms with van der Waals surface area (Å²) in [6.07, 6.45) is 2.60. The van der Waals surface area contributed by atoms with Crippen LogP contribution < -0.4 is 0 Å². The van der Waals surface area contributed by atoms with Gasteiger partial charge in [0, 0.05) is 11.8 Å². The fourth-order valence-electron chi connectivity index (χ4n) is 3.26. The maximum atomic E-state index is 12.7. The highest BCUT2D eigenvalue weighted by Gasteiger charge is 2.26. The van der Waals surface area contributed by atoms with E-state index >= 15 is 0 Å². The van der Waals surface area contributed by atoms with Gasteiger partial charge in [-0.1, -0.05) is 18.2 Å². The Balaban J connectivity index is 2.45. The van der Waals surface area contributed by atoms with Crippen molar-refractivity contribution in [1.82, 2.24) is 4.40 Å². The van der Waals surface area contributed by atoms with Crippen LogP contribution in [0.15, 0.2) is 36.5 Å². The number of aldehydes is 1. The quantitative estimate of drug-likeness (QED) is 0.520. The minimum absolute atomic E-state index is 0.283. The third kappa shape index (κ3) is 2.74. The van der Waals surface area contributed by atoms with Gasteiger partial charge in [0.05, 0.1) is 23.4 Å². The summed E-state index contributed by atoms with van der Waals surface area (Å²) < 4.78 is 7.03. The predicted molar refractivity (Wildman–Crippen MR) is 98.4 cm³/mol. The number of carbonyl (C=O) groups excluding carboxylic acids is 2. The van der Waals surface area contributed by atoms with Gasteiger partial charge < -0.3 is 9.14 Å². The van der Waals surface area contributed by atoms with Gasteiger partial charge in [-0.25, -0.2) is 4.79 Å². The molecular formula is C21H21NO3. The van der Waals surface area contributed by atoms with Gasteiger partial charge in [-0.3, -0.25) is 4.79 Å². The number of ether oxygens (including phenoxy) is 1. The van der Waals surface area contributed by atoms with E-state index in [9.17, 15) is 9.59 Å². The van der Waals surface area contributed by atoms with Crippen LogP contribution in [0.1, 0.15) is 44.5 Å². The number of fused-ring (bicyclic) bond motifs is 1. The minimum Gasteiger partial charge on any atom is -0.462 e. The maximum absolute atomic E-state index is 12.7. The summed E-state index contributed by atoms with van der Waals surface area (Å²) in [5.74, 6) is -0.410. The highest BCUT2D eigenvalue weighted by atomic mass is 16.5. The summed E-state index contributed by atoms with van der Waals surface area (Å²) in [5, 5.41) is 0. The molecular weight excluding hydrogens is 314 g/mol. The predicted octanol–water partition coefficient (Wildman–Crippen LogP) is 4.52. The Morgan fingerprint density at radius 1 is 1.12 bits per heavy atom. The Morgan fingerprint density at radius 3 is 2.52 bits per heavy atom. The van der Waals surface area contributed by atoms with Crippen LogP contribution in [0.4, 0.5) is 0 Å². The number of benzene rings is 1. The molecule has 3 aromatic rings. The number of hydrogen-bond acceptors (Lipinski definition) is 3. The first kappa shape index (κ1) is 17.0. The van der Waals surface area contributed by atoms with Crippen molar-refractivity contribution in [3.63, 3.8) is 0 Å². The summed E-state index contributed by atoms with van der Waals surface area (Å²) in [4.78, 5) is 24.6. The van der Waals surface area contributed by atoms with Crippen LogP contribution in [0, 0.1) is 20.8 Å². The van der Waals surface area contributed by atoms with Crippen LogP contribution >= 0.6 is 0 Å². The number of aryl methyl sites for hydroxylation is 3. The molecule has 0 aliphatic heterocycles. The van der Waals surface area contributed by atoms with Crippen LogP contribution in [0.2, 0.25) is 0 Å². The molecule has 0 amide bonds. The van der Waals surface area contributed by atoms with Crippen LogP contribution in [0.25, 0.3) is 16.6 Å². The first-order valence-corrected chi connectivity index (χ1v) is 8.33. The standard InChI is InChI=1S/C21H21NO3/c1-5-25-21(24)20-17-8-6-7-9-22(17)18(12-23)19(20)16-11-14(3)13(2)10-15(16)4/h6-12H,5H2,1-4H3. The lowest BCUT2D eigenvalue weighted by molar-refractivity contribution is 0.0529. The molecule has 25 heavy (non-hydrogen) atoms. The topological polar surface area (TPSA) is 47.8 Å². The largest absolute Gasteiger partial charge is 0.462 e. The third-order valence-electron chi connectivity index (χ3n) is 4.58.